The Morgan fingerprint density at radius 2 is 2.10 bits per heavy atom. The van der Waals surface area contributed by atoms with Crippen LogP contribution in [-0.4, -0.2) is 64.0 Å². The Morgan fingerprint density at radius 3 is 2.70 bits per heavy atom. The van der Waals surface area contributed by atoms with Gasteiger partial charge in [0.2, 0.25) is 0 Å². The molecule has 1 aliphatic carbocycles. The summed E-state index contributed by atoms with van der Waals surface area (Å²) < 4.78 is 10.4. The van der Waals surface area contributed by atoms with Gasteiger partial charge in [0, 0.05) is 26.7 Å². The first kappa shape index (κ1) is 15.6. The quantitative estimate of drug-likeness (QED) is 0.437. The van der Waals surface area contributed by atoms with Crippen molar-refractivity contribution in [2.24, 2.45) is 10.4 Å². The van der Waals surface area contributed by atoms with Crippen molar-refractivity contribution in [1.82, 2.24) is 10.2 Å². The molecular formula is C15H29N3O2. The lowest BCUT2D eigenvalue weighted by Gasteiger charge is -2.38. The van der Waals surface area contributed by atoms with Crippen LogP contribution in [-0.2, 0) is 9.47 Å². The average molecular weight is 283 g/mol. The topological polar surface area (TPSA) is 46.1 Å². The van der Waals surface area contributed by atoms with Crippen molar-refractivity contribution >= 4 is 5.96 Å². The van der Waals surface area contributed by atoms with Crippen molar-refractivity contribution in [2.75, 3.05) is 53.1 Å². The minimum Gasteiger partial charge on any atom is -0.382 e. The number of hydrogen-bond donors (Lipinski definition) is 1. The van der Waals surface area contributed by atoms with Crippen molar-refractivity contribution in [3.8, 4) is 0 Å². The molecule has 1 aliphatic heterocycles. The van der Waals surface area contributed by atoms with E-state index in [0.717, 1.165) is 25.6 Å². The molecule has 2 fully saturated rings. The van der Waals surface area contributed by atoms with Gasteiger partial charge in [-0.15, -0.1) is 0 Å². The number of ether oxygens (including phenoxy) is 2. The van der Waals surface area contributed by atoms with Crippen molar-refractivity contribution in [3.05, 3.63) is 0 Å². The standard InChI is InChI=1S/C15H29N3O2/c1-3-16-14(17-8-10-20-12-11-19-2)18-9-7-15(13-18)5-4-6-15/h3-13H2,1-2H3,(H,16,17). The van der Waals surface area contributed by atoms with Gasteiger partial charge in [-0.25, -0.2) is 0 Å². The van der Waals surface area contributed by atoms with Crippen LogP contribution in [0.5, 0.6) is 0 Å². The van der Waals surface area contributed by atoms with Gasteiger partial charge >= 0.3 is 0 Å². The summed E-state index contributed by atoms with van der Waals surface area (Å²) in [5.41, 5.74) is 0.616. The highest BCUT2D eigenvalue weighted by Gasteiger charge is 2.43. The van der Waals surface area contributed by atoms with Gasteiger partial charge < -0.3 is 19.7 Å². The lowest BCUT2D eigenvalue weighted by molar-refractivity contribution is 0.0747. The van der Waals surface area contributed by atoms with Crippen LogP contribution in [0.25, 0.3) is 0 Å². The number of nitrogens with zero attached hydrogens (tertiary/aromatic N) is 2. The maximum Gasteiger partial charge on any atom is 0.194 e. The molecule has 1 spiro atoms. The van der Waals surface area contributed by atoms with Crippen LogP contribution < -0.4 is 5.32 Å². The Balaban J connectivity index is 1.74. The lowest BCUT2D eigenvalue weighted by atomic mass is 9.68. The Bertz CT molecular complexity index is 316. The van der Waals surface area contributed by atoms with E-state index in [-0.39, 0.29) is 0 Å². The molecule has 0 radical (unpaired) electrons. The smallest absolute Gasteiger partial charge is 0.194 e. The molecule has 0 unspecified atom stereocenters. The first-order valence-corrected chi connectivity index (χ1v) is 7.90. The van der Waals surface area contributed by atoms with Crippen LogP contribution >= 0.6 is 0 Å². The fourth-order valence-corrected chi connectivity index (χ4v) is 3.09. The van der Waals surface area contributed by atoms with Crippen molar-refractivity contribution in [3.63, 3.8) is 0 Å². The first-order chi connectivity index (χ1) is 9.79. The van der Waals surface area contributed by atoms with E-state index < -0.39 is 0 Å². The van der Waals surface area contributed by atoms with Gasteiger partial charge in [-0.1, -0.05) is 6.42 Å². The van der Waals surface area contributed by atoms with Crippen LogP contribution in [0.1, 0.15) is 32.6 Å². The summed E-state index contributed by atoms with van der Waals surface area (Å²) in [6.07, 6.45) is 5.56. The van der Waals surface area contributed by atoms with E-state index in [9.17, 15) is 0 Å². The maximum absolute atomic E-state index is 5.46. The molecule has 0 bridgehead atoms. The second-order valence-corrected chi connectivity index (χ2v) is 5.87. The zero-order valence-corrected chi connectivity index (χ0v) is 13.0. The normalized spacial score (nSPS) is 21.3. The SMILES string of the molecule is CCNC(=NCCOCCOC)N1CCC2(CCC2)C1. The average Bonchev–Trinajstić information content (AvgIpc) is 2.87. The Morgan fingerprint density at radius 1 is 1.25 bits per heavy atom. The molecule has 0 aromatic heterocycles. The third-order valence-electron chi connectivity index (χ3n) is 4.42. The van der Waals surface area contributed by atoms with Gasteiger partial charge in [0.1, 0.15) is 0 Å². The fraction of sp³-hybridized carbons (Fsp3) is 0.933. The number of aliphatic imine (C=N–C) groups is 1. The summed E-state index contributed by atoms with van der Waals surface area (Å²) in [5.74, 6) is 1.06. The monoisotopic (exact) mass is 283 g/mol. The minimum absolute atomic E-state index is 0.616. The minimum atomic E-state index is 0.616. The highest BCUT2D eigenvalue weighted by atomic mass is 16.5. The van der Waals surface area contributed by atoms with Crippen LogP contribution in [0.4, 0.5) is 0 Å². The van der Waals surface area contributed by atoms with Crippen LogP contribution in [0.15, 0.2) is 4.99 Å². The van der Waals surface area contributed by atoms with Gasteiger partial charge in [0.15, 0.2) is 5.96 Å². The first-order valence-electron chi connectivity index (χ1n) is 7.90. The highest BCUT2D eigenvalue weighted by Crippen LogP contribution is 2.47. The Kier molecular flexibility index (Phi) is 6.10. The zero-order chi connectivity index (χ0) is 14.3. The van der Waals surface area contributed by atoms with E-state index >= 15 is 0 Å². The molecule has 5 heteroatoms. The van der Waals surface area contributed by atoms with Crippen molar-refractivity contribution in [2.45, 2.75) is 32.6 Å². The lowest BCUT2D eigenvalue weighted by Crippen LogP contribution is -2.42. The largest absolute Gasteiger partial charge is 0.382 e. The van der Waals surface area contributed by atoms with E-state index in [2.05, 4.69) is 22.1 Å². The molecule has 2 rings (SSSR count). The summed E-state index contributed by atoms with van der Waals surface area (Å²) in [4.78, 5) is 7.11. The Hall–Kier alpha value is -0.810. The third-order valence-corrected chi connectivity index (χ3v) is 4.42. The summed E-state index contributed by atoms with van der Waals surface area (Å²) in [6.45, 7) is 8.06. The van der Waals surface area contributed by atoms with Gasteiger partial charge in [-0.2, -0.15) is 0 Å². The van der Waals surface area contributed by atoms with Gasteiger partial charge in [0.25, 0.3) is 0 Å². The molecule has 1 N–H and O–H groups in total. The van der Waals surface area contributed by atoms with E-state index in [1.165, 1.54) is 32.2 Å². The summed E-state index contributed by atoms with van der Waals surface area (Å²) in [6, 6.07) is 0. The van der Waals surface area contributed by atoms with E-state index in [4.69, 9.17) is 9.47 Å². The van der Waals surface area contributed by atoms with Crippen LogP contribution in [0.3, 0.4) is 0 Å². The van der Waals surface area contributed by atoms with Crippen LogP contribution in [0, 0.1) is 5.41 Å². The van der Waals surface area contributed by atoms with E-state index in [0.29, 0.717) is 25.2 Å². The van der Waals surface area contributed by atoms with Gasteiger partial charge in [-0.3, -0.25) is 4.99 Å². The van der Waals surface area contributed by atoms with E-state index in [1.54, 1.807) is 7.11 Å². The molecule has 20 heavy (non-hydrogen) atoms. The molecule has 0 aromatic rings. The molecule has 116 valence electrons. The molecule has 1 heterocycles. The third kappa shape index (κ3) is 4.09. The van der Waals surface area contributed by atoms with Gasteiger partial charge in [-0.05, 0) is 31.6 Å². The molecule has 5 nitrogen and oxygen atoms in total. The van der Waals surface area contributed by atoms with Crippen molar-refractivity contribution < 1.29 is 9.47 Å². The zero-order valence-electron chi connectivity index (χ0n) is 13.0. The number of nitrogens with one attached hydrogen (secondary N) is 1. The molecule has 0 aromatic carbocycles. The van der Waals surface area contributed by atoms with Crippen LogP contribution in [0.2, 0.25) is 0 Å². The Labute approximate surface area is 122 Å². The van der Waals surface area contributed by atoms with Gasteiger partial charge in [0.05, 0.1) is 26.4 Å². The predicted molar refractivity (Wildman–Crippen MR) is 81.1 cm³/mol. The molecule has 1 saturated heterocycles. The molecular weight excluding hydrogens is 254 g/mol. The number of rotatable bonds is 7. The number of methoxy groups -OCH3 is 1. The summed E-state index contributed by atoms with van der Waals surface area (Å²) in [7, 11) is 1.69. The highest BCUT2D eigenvalue weighted by molar-refractivity contribution is 5.80. The summed E-state index contributed by atoms with van der Waals surface area (Å²) in [5, 5.41) is 3.41. The molecule has 0 atom stereocenters. The second kappa shape index (κ2) is 7.84. The van der Waals surface area contributed by atoms with Crippen molar-refractivity contribution in [1.29, 1.82) is 0 Å². The number of hydrogen-bond acceptors (Lipinski definition) is 3. The maximum atomic E-state index is 5.46. The summed E-state index contributed by atoms with van der Waals surface area (Å²) >= 11 is 0. The number of likely N-dealkylation sites (tertiary alicyclic amines) is 1. The second-order valence-electron chi connectivity index (χ2n) is 5.87. The fourth-order valence-electron chi connectivity index (χ4n) is 3.09. The molecule has 1 saturated carbocycles. The van der Waals surface area contributed by atoms with E-state index in [1.807, 2.05) is 0 Å². The molecule has 2 aliphatic rings. The molecule has 0 amide bonds. The predicted octanol–water partition coefficient (Wildman–Crippen LogP) is 1.49. The number of guanidine groups is 1.